The second-order valence-corrected chi connectivity index (χ2v) is 4.43. The van der Waals surface area contributed by atoms with Gasteiger partial charge < -0.3 is 5.73 Å². The first-order valence-electron chi connectivity index (χ1n) is 4.78. The number of aromatic nitrogens is 1. The molecule has 0 bridgehead atoms. The van der Waals surface area contributed by atoms with Crippen molar-refractivity contribution in [3.8, 4) is 0 Å². The summed E-state index contributed by atoms with van der Waals surface area (Å²) in [6.07, 6.45) is 3.78. The quantitative estimate of drug-likeness (QED) is 0.746. The summed E-state index contributed by atoms with van der Waals surface area (Å²) in [7, 11) is 0. The minimum atomic E-state index is 0.373. The third kappa shape index (κ3) is 1.25. The number of nitrogens with zero attached hydrogens (tertiary/aromatic N) is 1. The zero-order valence-corrected chi connectivity index (χ0v) is 8.20. The molecule has 2 nitrogen and oxygen atoms in total. The third-order valence-corrected chi connectivity index (χ3v) is 3.35. The summed E-state index contributed by atoms with van der Waals surface area (Å²) in [5.74, 6) is 1.25. The van der Waals surface area contributed by atoms with Crippen molar-refractivity contribution < 1.29 is 0 Å². The molecule has 2 rings (SSSR count). The Labute approximate surface area is 79.2 Å². The van der Waals surface area contributed by atoms with Crippen molar-refractivity contribution in [3.63, 3.8) is 0 Å². The summed E-state index contributed by atoms with van der Waals surface area (Å²) < 4.78 is 0. The molecule has 1 fully saturated rings. The van der Waals surface area contributed by atoms with Crippen LogP contribution in [0.25, 0.3) is 0 Å². The van der Waals surface area contributed by atoms with E-state index in [9.17, 15) is 0 Å². The summed E-state index contributed by atoms with van der Waals surface area (Å²) in [5, 5.41) is 0. The summed E-state index contributed by atoms with van der Waals surface area (Å²) in [5.41, 5.74) is 7.43. The fourth-order valence-corrected chi connectivity index (χ4v) is 2.41. The molecule has 2 heteroatoms. The normalized spacial score (nSPS) is 30.1. The highest BCUT2D eigenvalue weighted by Crippen LogP contribution is 2.63. The van der Waals surface area contributed by atoms with E-state index in [0.29, 0.717) is 17.3 Å². The SMILES string of the molecule is CC1(C)[C@@H](CN)[C@@H]1c1cccnc1. The molecule has 0 aromatic carbocycles. The summed E-state index contributed by atoms with van der Waals surface area (Å²) in [4.78, 5) is 4.14. The molecule has 0 saturated heterocycles. The Bertz CT molecular complexity index is 292. The molecule has 2 atom stereocenters. The Morgan fingerprint density at radius 2 is 2.31 bits per heavy atom. The lowest BCUT2D eigenvalue weighted by Crippen LogP contribution is -2.05. The predicted octanol–water partition coefficient (Wildman–Crippen LogP) is 1.78. The zero-order valence-electron chi connectivity index (χ0n) is 8.20. The van der Waals surface area contributed by atoms with E-state index in [4.69, 9.17) is 5.73 Å². The van der Waals surface area contributed by atoms with E-state index in [0.717, 1.165) is 6.54 Å². The van der Waals surface area contributed by atoms with Crippen LogP contribution in [0.5, 0.6) is 0 Å². The van der Waals surface area contributed by atoms with Gasteiger partial charge in [0.05, 0.1) is 0 Å². The Hall–Kier alpha value is -0.890. The van der Waals surface area contributed by atoms with Crippen LogP contribution in [0.3, 0.4) is 0 Å². The van der Waals surface area contributed by atoms with E-state index in [-0.39, 0.29) is 0 Å². The van der Waals surface area contributed by atoms with E-state index in [1.165, 1.54) is 5.56 Å². The maximum Gasteiger partial charge on any atom is 0.0303 e. The molecule has 70 valence electrons. The van der Waals surface area contributed by atoms with Gasteiger partial charge in [0.15, 0.2) is 0 Å². The van der Waals surface area contributed by atoms with Gasteiger partial charge in [-0.25, -0.2) is 0 Å². The van der Waals surface area contributed by atoms with Crippen molar-refractivity contribution in [2.75, 3.05) is 6.54 Å². The fraction of sp³-hybridized carbons (Fsp3) is 0.545. The maximum atomic E-state index is 5.72. The van der Waals surface area contributed by atoms with Gasteiger partial charge in [0.2, 0.25) is 0 Å². The molecule has 1 aliphatic carbocycles. The van der Waals surface area contributed by atoms with Gasteiger partial charge in [0, 0.05) is 12.4 Å². The van der Waals surface area contributed by atoms with Gasteiger partial charge in [-0.2, -0.15) is 0 Å². The molecule has 1 heterocycles. The molecule has 1 aromatic rings. The van der Waals surface area contributed by atoms with Crippen LogP contribution in [-0.4, -0.2) is 11.5 Å². The Morgan fingerprint density at radius 3 is 2.77 bits per heavy atom. The van der Waals surface area contributed by atoms with Crippen LogP contribution in [0.15, 0.2) is 24.5 Å². The summed E-state index contributed by atoms with van der Waals surface area (Å²) in [6, 6.07) is 4.15. The lowest BCUT2D eigenvalue weighted by Gasteiger charge is -2.01. The van der Waals surface area contributed by atoms with Crippen LogP contribution in [-0.2, 0) is 0 Å². The van der Waals surface area contributed by atoms with Crippen LogP contribution < -0.4 is 5.73 Å². The van der Waals surface area contributed by atoms with Crippen LogP contribution in [0.1, 0.15) is 25.3 Å². The molecule has 1 aliphatic rings. The summed E-state index contributed by atoms with van der Waals surface area (Å²) in [6.45, 7) is 5.34. The number of nitrogens with two attached hydrogens (primary N) is 1. The van der Waals surface area contributed by atoms with Crippen molar-refractivity contribution in [2.45, 2.75) is 19.8 Å². The molecule has 0 radical (unpaired) electrons. The van der Waals surface area contributed by atoms with Crippen LogP contribution >= 0.6 is 0 Å². The van der Waals surface area contributed by atoms with Gasteiger partial charge in [-0.15, -0.1) is 0 Å². The maximum absolute atomic E-state index is 5.72. The van der Waals surface area contributed by atoms with Crippen molar-refractivity contribution >= 4 is 0 Å². The highest BCUT2D eigenvalue weighted by molar-refractivity contribution is 5.29. The molecule has 2 N–H and O–H groups in total. The first kappa shape index (κ1) is 8.70. The smallest absolute Gasteiger partial charge is 0.0303 e. The number of pyridine rings is 1. The molecule has 0 aliphatic heterocycles. The molecule has 13 heavy (non-hydrogen) atoms. The van der Waals surface area contributed by atoms with Crippen molar-refractivity contribution in [1.29, 1.82) is 0 Å². The number of rotatable bonds is 2. The molecule has 0 spiro atoms. The van der Waals surface area contributed by atoms with Crippen LogP contribution in [0.4, 0.5) is 0 Å². The Balaban J connectivity index is 2.22. The minimum Gasteiger partial charge on any atom is -0.330 e. The standard InChI is InChI=1S/C11H16N2/c1-11(2)9(6-12)10(11)8-4-3-5-13-7-8/h3-5,7,9-10H,6,12H2,1-2H3/t9-,10-/m0/s1. The van der Waals surface area contributed by atoms with Crippen molar-refractivity contribution in [3.05, 3.63) is 30.1 Å². The number of hydrogen-bond donors (Lipinski definition) is 1. The van der Waals surface area contributed by atoms with Gasteiger partial charge in [0.25, 0.3) is 0 Å². The van der Waals surface area contributed by atoms with E-state index in [1.54, 1.807) is 0 Å². The zero-order chi connectivity index (χ0) is 9.47. The number of hydrogen-bond acceptors (Lipinski definition) is 2. The van der Waals surface area contributed by atoms with Gasteiger partial charge in [-0.05, 0) is 35.4 Å². The van der Waals surface area contributed by atoms with Gasteiger partial charge >= 0.3 is 0 Å². The average molecular weight is 176 g/mol. The molecular formula is C11H16N2. The van der Waals surface area contributed by atoms with Crippen LogP contribution in [0, 0.1) is 11.3 Å². The van der Waals surface area contributed by atoms with E-state index >= 15 is 0 Å². The van der Waals surface area contributed by atoms with Gasteiger partial charge in [-0.1, -0.05) is 19.9 Å². The third-order valence-electron chi connectivity index (χ3n) is 3.35. The largest absolute Gasteiger partial charge is 0.330 e. The second kappa shape index (κ2) is 2.81. The van der Waals surface area contributed by atoms with E-state index in [2.05, 4.69) is 24.9 Å². The topological polar surface area (TPSA) is 38.9 Å². The average Bonchev–Trinajstić information content (AvgIpc) is 2.69. The highest BCUT2D eigenvalue weighted by Gasteiger charge is 2.57. The van der Waals surface area contributed by atoms with Crippen LogP contribution in [0.2, 0.25) is 0 Å². The van der Waals surface area contributed by atoms with Crippen molar-refractivity contribution in [1.82, 2.24) is 4.98 Å². The molecule has 0 amide bonds. The van der Waals surface area contributed by atoms with E-state index in [1.807, 2.05) is 18.5 Å². The summed E-state index contributed by atoms with van der Waals surface area (Å²) >= 11 is 0. The molecule has 1 aromatic heterocycles. The lowest BCUT2D eigenvalue weighted by atomic mass is 10.1. The van der Waals surface area contributed by atoms with E-state index < -0.39 is 0 Å². The lowest BCUT2D eigenvalue weighted by molar-refractivity contribution is 0.558. The van der Waals surface area contributed by atoms with Crippen molar-refractivity contribution in [2.24, 2.45) is 17.1 Å². The Morgan fingerprint density at radius 1 is 1.54 bits per heavy atom. The van der Waals surface area contributed by atoms with Gasteiger partial charge in [0.1, 0.15) is 0 Å². The fourth-order valence-electron chi connectivity index (χ4n) is 2.41. The first-order chi connectivity index (χ1) is 6.18. The first-order valence-corrected chi connectivity index (χ1v) is 4.78. The minimum absolute atomic E-state index is 0.373. The monoisotopic (exact) mass is 176 g/mol. The second-order valence-electron chi connectivity index (χ2n) is 4.43. The molecule has 0 unspecified atom stereocenters. The molecular weight excluding hydrogens is 160 g/mol. The van der Waals surface area contributed by atoms with Gasteiger partial charge in [-0.3, -0.25) is 4.98 Å². The molecule has 1 saturated carbocycles. The predicted molar refractivity (Wildman–Crippen MR) is 53.3 cm³/mol. The highest BCUT2D eigenvalue weighted by atomic mass is 14.7. The Kier molecular flexibility index (Phi) is 1.88.